The van der Waals surface area contributed by atoms with Gasteiger partial charge in [0.05, 0.1) is 36.1 Å². The fraction of sp³-hybridized carbons (Fsp3) is 0.900. The van der Waals surface area contributed by atoms with E-state index >= 15 is 0 Å². The van der Waals surface area contributed by atoms with Crippen LogP contribution in [0.25, 0.3) is 0 Å². The van der Waals surface area contributed by atoms with Gasteiger partial charge in [-0.2, -0.15) is 0 Å². The van der Waals surface area contributed by atoms with E-state index in [1.54, 1.807) is 4.90 Å². The molecule has 1 N–H and O–H groups in total. The summed E-state index contributed by atoms with van der Waals surface area (Å²) in [6.45, 7) is 2.57. The fourth-order valence-electron chi connectivity index (χ4n) is 2.29. The summed E-state index contributed by atoms with van der Waals surface area (Å²) in [5.74, 6) is -0.395. The number of likely N-dealkylation sites (tertiary alicyclic amines) is 1. The molecule has 92 valence electrons. The van der Waals surface area contributed by atoms with Crippen LogP contribution in [0.15, 0.2) is 0 Å². The molecule has 0 aromatic rings. The van der Waals surface area contributed by atoms with Gasteiger partial charge in [0.15, 0.2) is 9.84 Å². The van der Waals surface area contributed by atoms with E-state index in [1.165, 1.54) is 0 Å². The highest BCUT2D eigenvalue weighted by atomic mass is 32.2. The number of aliphatic hydroxyl groups is 1. The Morgan fingerprint density at radius 3 is 2.56 bits per heavy atom. The Morgan fingerprint density at radius 2 is 2.12 bits per heavy atom. The van der Waals surface area contributed by atoms with Crippen molar-refractivity contribution in [2.45, 2.75) is 25.4 Å². The van der Waals surface area contributed by atoms with Crippen molar-refractivity contribution in [1.29, 1.82) is 0 Å². The normalized spacial score (nSPS) is 31.1. The second kappa shape index (κ2) is 3.70. The van der Waals surface area contributed by atoms with Crippen LogP contribution in [0.3, 0.4) is 0 Å². The Bertz CT molecular complexity index is 397. The third-order valence-corrected chi connectivity index (χ3v) is 5.29. The molecule has 16 heavy (non-hydrogen) atoms. The van der Waals surface area contributed by atoms with Gasteiger partial charge in [0.1, 0.15) is 0 Å². The minimum Gasteiger partial charge on any atom is -0.386 e. The van der Waals surface area contributed by atoms with Gasteiger partial charge in [0.25, 0.3) is 0 Å². The van der Waals surface area contributed by atoms with E-state index in [4.69, 9.17) is 0 Å². The first-order valence-electron chi connectivity index (χ1n) is 5.57. The van der Waals surface area contributed by atoms with Gasteiger partial charge >= 0.3 is 0 Å². The molecule has 0 saturated carbocycles. The van der Waals surface area contributed by atoms with Crippen LogP contribution >= 0.6 is 0 Å². The van der Waals surface area contributed by atoms with Gasteiger partial charge in [-0.25, -0.2) is 8.42 Å². The zero-order valence-electron chi connectivity index (χ0n) is 9.35. The summed E-state index contributed by atoms with van der Waals surface area (Å²) in [6.07, 6.45) is 1.06. The van der Waals surface area contributed by atoms with Crippen LogP contribution in [0.5, 0.6) is 0 Å². The molecule has 2 fully saturated rings. The molecule has 6 heteroatoms. The quantitative estimate of drug-likeness (QED) is 0.707. The molecule has 2 aliphatic rings. The predicted molar refractivity (Wildman–Crippen MR) is 58.6 cm³/mol. The number of hydrogen-bond donors (Lipinski definition) is 1. The van der Waals surface area contributed by atoms with Crippen molar-refractivity contribution in [3.8, 4) is 0 Å². The monoisotopic (exact) mass is 247 g/mol. The van der Waals surface area contributed by atoms with Crippen molar-refractivity contribution in [2.24, 2.45) is 5.92 Å². The molecule has 1 atom stereocenters. The molecular weight excluding hydrogens is 230 g/mol. The first kappa shape index (κ1) is 11.9. The summed E-state index contributed by atoms with van der Waals surface area (Å²) in [4.78, 5) is 13.4. The van der Waals surface area contributed by atoms with Gasteiger partial charge in [0.2, 0.25) is 5.91 Å². The van der Waals surface area contributed by atoms with Crippen molar-refractivity contribution >= 4 is 15.7 Å². The SMILES string of the molecule is CCC1(O)CN(C(=O)C2CCS(=O)(=O)C2)C1. The van der Waals surface area contributed by atoms with Gasteiger partial charge in [-0.15, -0.1) is 0 Å². The minimum atomic E-state index is -3.00. The maximum absolute atomic E-state index is 11.9. The summed E-state index contributed by atoms with van der Waals surface area (Å²) in [6, 6.07) is 0. The van der Waals surface area contributed by atoms with E-state index < -0.39 is 15.4 Å². The maximum Gasteiger partial charge on any atom is 0.226 e. The van der Waals surface area contributed by atoms with Crippen molar-refractivity contribution < 1.29 is 18.3 Å². The molecule has 2 saturated heterocycles. The molecule has 2 heterocycles. The number of nitrogens with zero attached hydrogens (tertiary/aromatic N) is 1. The summed E-state index contributed by atoms with van der Waals surface area (Å²) < 4.78 is 22.5. The number of carbonyl (C=O) groups is 1. The third kappa shape index (κ3) is 2.08. The molecular formula is C10H17NO4S. The highest BCUT2D eigenvalue weighted by molar-refractivity contribution is 7.91. The Hall–Kier alpha value is -0.620. The first-order valence-corrected chi connectivity index (χ1v) is 7.39. The smallest absolute Gasteiger partial charge is 0.226 e. The van der Waals surface area contributed by atoms with Gasteiger partial charge < -0.3 is 10.0 Å². The average molecular weight is 247 g/mol. The zero-order valence-corrected chi connectivity index (χ0v) is 10.2. The number of carbonyl (C=O) groups excluding carboxylic acids is 1. The number of rotatable bonds is 2. The molecule has 5 nitrogen and oxygen atoms in total. The van der Waals surface area contributed by atoms with E-state index in [0.29, 0.717) is 25.9 Å². The van der Waals surface area contributed by atoms with Crippen molar-refractivity contribution in [3.63, 3.8) is 0 Å². The van der Waals surface area contributed by atoms with Crippen LogP contribution < -0.4 is 0 Å². The molecule has 0 bridgehead atoms. The van der Waals surface area contributed by atoms with Gasteiger partial charge in [-0.1, -0.05) is 6.92 Å². The Morgan fingerprint density at radius 1 is 1.50 bits per heavy atom. The van der Waals surface area contributed by atoms with Gasteiger partial charge in [-0.05, 0) is 12.8 Å². The zero-order chi connectivity index (χ0) is 12.0. The van der Waals surface area contributed by atoms with Crippen LogP contribution in [0.2, 0.25) is 0 Å². The Labute approximate surface area is 95.4 Å². The topological polar surface area (TPSA) is 74.7 Å². The number of sulfone groups is 1. The lowest BCUT2D eigenvalue weighted by Gasteiger charge is -2.46. The molecule has 0 radical (unpaired) electrons. The van der Waals surface area contributed by atoms with Crippen LogP contribution in [0, 0.1) is 5.92 Å². The molecule has 0 aromatic carbocycles. The van der Waals surface area contributed by atoms with Gasteiger partial charge in [-0.3, -0.25) is 4.79 Å². The summed E-state index contributed by atoms with van der Waals surface area (Å²) >= 11 is 0. The molecule has 2 aliphatic heterocycles. The Kier molecular flexibility index (Phi) is 2.74. The summed E-state index contributed by atoms with van der Waals surface area (Å²) in [5.41, 5.74) is -0.743. The first-order chi connectivity index (χ1) is 7.35. The lowest BCUT2D eigenvalue weighted by molar-refractivity contribution is -0.159. The lowest BCUT2D eigenvalue weighted by Crippen LogP contribution is -2.64. The minimum absolute atomic E-state index is 0.0209. The lowest BCUT2D eigenvalue weighted by atomic mass is 9.90. The molecule has 1 amide bonds. The van der Waals surface area contributed by atoms with Crippen molar-refractivity contribution in [3.05, 3.63) is 0 Å². The number of hydrogen-bond acceptors (Lipinski definition) is 4. The molecule has 2 rings (SSSR count). The van der Waals surface area contributed by atoms with Crippen LogP contribution in [0.1, 0.15) is 19.8 Å². The van der Waals surface area contributed by atoms with Crippen molar-refractivity contribution in [1.82, 2.24) is 4.90 Å². The van der Waals surface area contributed by atoms with Gasteiger partial charge in [0, 0.05) is 0 Å². The maximum atomic E-state index is 11.9. The van der Waals surface area contributed by atoms with Crippen molar-refractivity contribution in [2.75, 3.05) is 24.6 Å². The molecule has 0 aliphatic carbocycles. The second-order valence-corrected chi connectivity index (χ2v) is 7.10. The number of amides is 1. The highest BCUT2D eigenvalue weighted by Crippen LogP contribution is 2.28. The molecule has 0 spiro atoms. The predicted octanol–water partition coefficient (Wildman–Crippen LogP) is -0.596. The van der Waals surface area contributed by atoms with E-state index in [-0.39, 0.29) is 23.3 Å². The highest BCUT2D eigenvalue weighted by Gasteiger charge is 2.45. The third-order valence-electron chi connectivity index (χ3n) is 3.52. The Balaban J connectivity index is 1.92. The van der Waals surface area contributed by atoms with E-state index in [1.807, 2.05) is 6.92 Å². The fourth-order valence-corrected chi connectivity index (χ4v) is 4.02. The van der Waals surface area contributed by atoms with E-state index in [2.05, 4.69) is 0 Å². The summed E-state index contributed by atoms with van der Waals surface area (Å²) in [5, 5.41) is 9.77. The number of β-amino-alcohol motifs (C(OH)–C–C–N with tert-alkyl or cyclic N) is 1. The van der Waals surface area contributed by atoms with Crippen LogP contribution in [0.4, 0.5) is 0 Å². The van der Waals surface area contributed by atoms with Crippen LogP contribution in [-0.4, -0.2) is 54.5 Å². The summed E-state index contributed by atoms with van der Waals surface area (Å²) in [7, 11) is -3.00. The standard InChI is InChI=1S/C10H17NO4S/c1-2-10(13)6-11(7-10)9(12)8-3-4-16(14,15)5-8/h8,13H,2-7H2,1H3. The van der Waals surface area contributed by atoms with E-state index in [0.717, 1.165) is 0 Å². The molecule has 0 aromatic heterocycles. The largest absolute Gasteiger partial charge is 0.386 e. The second-order valence-electron chi connectivity index (χ2n) is 4.87. The molecule has 1 unspecified atom stereocenters. The average Bonchev–Trinajstić information content (AvgIpc) is 2.53. The van der Waals surface area contributed by atoms with Crippen LogP contribution in [-0.2, 0) is 14.6 Å². The van der Waals surface area contributed by atoms with E-state index in [9.17, 15) is 18.3 Å².